The first-order valence-corrected chi connectivity index (χ1v) is 6.57. The van der Waals surface area contributed by atoms with Gasteiger partial charge >= 0.3 is 0 Å². The minimum absolute atomic E-state index is 1.16. The van der Waals surface area contributed by atoms with Crippen LogP contribution < -0.4 is 4.90 Å². The first-order valence-electron chi connectivity index (χ1n) is 5.78. The lowest BCUT2D eigenvalue weighted by atomic mass is 10.1. The Hall–Kier alpha value is -1.02. The third-order valence-corrected chi connectivity index (χ3v) is 3.76. The summed E-state index contributed by atoms with van der Waals surface area (Å²) in [5.74, 6) is 0. The standard InChI is InChI=1S/C14H14BrN/c15-12-7-6-11-4-3-5-14(13(11)10-12)16-8-1-2-9-16/h3-7,10H,1-2,8-9H2. The molecule has 0 N–H and O–H groups in total. The highest BCUT2D eigenvalue weighted by atomic mass is 79.9. The van der Waals surface area contributed by atoms with Gasteiger partial charge in [-0.1, -0.05) is 34.1 Å². The molecule has 0 aliphatic carbocycles. The van der Waals surface area contributed by atoms with Crippen molar-refractivity contribution in [3.63, 3.8) is 0 Å². The summed E-state index contributed by atoms with van der Waals surface area (Å²) >= 11 is 3.56. The van der Waals surface area contributed by atoms with Crippen LogP contribution in [0.25, 0.3) is 10.8 Å². The van der Waals surface area contributed by atoms with Crippen molar-refractivity contribution in [1.82, 2.24) is 0 Å². The Balaban J connectivity index is 2.18. The van der Waals surface area contributed by atoms with Gasteiger partial charge in [-0.15, -0.1) is 0 Å². The van der Waals surface area contributed by atoms with Crippen molar-refractivity contribution in [1.29, 1.82) is 0 Å². The van der Waals surface area contributed by atoms with Gasteiger partial charge < -0.3 is 4.90 Å². The Morgan fingerprint density at radius 1 is 1.00 bits per heavy atom. The predicted octanol–water partition coefficient (Wildman–Crippen LogP) is 4.20. The lowest BCUT2D eigenvalue weighted by Gasteiger charge is -2.19. The van der Waals surface area contributed by atoms with Gasteiger partial charge in [-0.05, 0) is 36.4 Å². The van der Waals surface area contributed by atoms with Crippen LogP contribution in [-0.4, -0.2) is 13.1 Å². The van der Waals surface area contributed by atoms with Crippen LogP contribution in [0.2, 0.25) is 0 Å². The highest BCUT2D eigenvalue weighted by Crippen LogP contribution is 2.31. The Morgan fingerprint density at radius 3 is 2.62 bits per heavy atom. The molecule has 0 amide bonds. The molecule has 2 aromatic rings. The Kier molecular flexibility index (Phi) is 2.60. The molecule has 82 valence electrons. The molecule has 3 rings (SSSR count). The van der Waals surface area contributed by atoms with Crippen LogP contribution in [0.4, 0.5) is 5.69 Å². The van der Waals surface area contributed by atoms with E-state index >= 15 is 0 Å². The first-order chi connectivity index (χ1) is 7.84. The van der Waals surface area contributed by atoms with E-state index in [1.807, 2.05) is 0 Å². The highest BCUT2D eigenvalue weighted by Gasteiger charge is 2.14. The summed E-state index contributed by atoms with van der Waals surface area (Å²) in [5.41, 5.74) is 1.39. The maximum absolute atomic E-state index is 3.56. The monoisotopic (exact) mass is 275 g/mol. The van der Waals surface area contributed by atoms with Gasteiger partial charge in [-0.2, -0.15) is 0 Å². The molecule has 0 unspecified atom stereocenters. The molecular weight excluding hydrogens is 262 g/mol. The molecule has 0 aromatic heterocycles. The fourth-order valence-corrected chi connectivity index (χ4v) is 2.82. The van der Waals surface area contributed by atoms with Crippen molar-refractivity contribution >= 4 is 32.4 Å². The van der Waals surface area contributed by atoms with E-state index in [-0.39, 0.29) is 0 Å². The Morgan fingerprint density at radius 2 is 1.81 bits per heavy atom. The van der Waals surface area contributed by atoms with Crippen molar-refractivity contribution in [2.45, 2.75) is 12.8 Å². The molecule has 1 aliphatic heterocycles. The van der Waals surface area contributed by atoms with Crippen LogP contribution in [0, 0.1) is 0 Å². The van der Waals surface area contributed by atoms with Gasteiger partial charge in [0.25, 0.3) is 0 Å². The molecule has 1 saturated heterocycles. The van der Waals surface area contributed by atoms with E-state index in [2.05, 4.69) is 57.2 Å². The van der Waals surface area contributed by atoms with Crippen LogP contribution in [0.3, 0.4) is 0 Å². The zero-order valence-corrected chi connectivity index (χ0v) is 10.7. The summed E-state index contributed by atoms with van der Waals surface area (Å²) in [6, 6.07) is 13.1. The molecule has 0 radical (unpaired) electrons. The van der Waals surface area contributed by atoms with E-state index in [9.17, 15) is 0 Å². The van der Waals surface area contributed by atoms with E-state index < -0.39 is 0 Å². The number of hydrogen-bond acceptors (Lipinski definition) is 1. The van der Waals surface area contributed by atoms with Gasteiger partial charge in [0, 0.05) is 28.6 Å². The quantitative estimate of drug-likeness (QED) is 0.754. The molecule has 0 spiro atoms. The second kappa shape index (κ2) is 4.10. The van der Waals surface area contributed by atoms with Gasteiger partial charge in [0.2, 0.25) is 0 Å². The van der Waals surface area contributed by atoms with E-state index in [0.717, 1.165) is 4.47 Å². The summed E-state index contributed by atoms with van der Waals surface area (Å²) < 4.78 is 1.16. The minimum Gasteiger partial charge on any atom is -0.371 e. The molecule has 1 fully saturated rings. The predicted molar refractivity (Wildman–Crippen MR) is 73.1 cm³/mol. The van der Waals surface area contributed by atoms with Gasteiger partial charge in [-0.3, -0.25) is 0 Å². The highest BCUT2D eigenvalue weighted by molar-refractivity contribution is 9.10. The lowest BCUT2D eigenvalue weighted by molar-refractivity contribution is 0.949. The summed E-state index contributed by atoms with van der Waals surface area (Å²) in [5, 5.41) is 2.69. The number of anilines is 1. The number of fused-ring (bicyclic) bond motifs is 1. The third kappa shape index (κ3) is 1.71. The number of hydrogen-bond donors (Lipinski definition) is 0. The van der Waals surface area contributed by atoms with Crippen LogP contribution in [-0.2, 0) is 0 Å². The number of rotatable bonds is 1. The minimum atomic E-state index is 1.16. The molecule has 0 bridgehead atoms. The molecule has 1 aliphatic rings. The second-order valence-corrected chi connectivity index (χ2v) is 5.25. The van der Waals surface area contributed by atoms with Crippen LogP contribution in [0.5, 0.6) is 0 Å². The number of halogens is 1. The van der Waals surface area contributed by atoms with Crippen molar-refractivity contribution in [2.24, 2.45) is 0 Å². The maximum Gasteiger partial charge on any atom is 0.0446 e. The van der Waals surface area contributed by atoms with Crippen molar-refractivity contribution in [3.05, 3.63) is 40.9 Å². The molecular formula is C14H14BrN. The zero-order valence-electron chi connectivity index (χ0n) is 9.12. The van der Waals surface area contributed by atoms with Gasteiger partial charge in [-0.25, -0.2) is 0 Å². The van der Waals surface area contributed by atoms with E-state index in [1.54, 1.807) is 0 Å². The SMILES string of the molecule is Brc1ccc2cccc(N3CCCC3)c2c1. The first kappa shape index (κ1) is 10.2. The van der Waals surface area contributed by atoms with Gasteiger partial charge in [0.05, 0.1) is 0 Å². The average Bonchev–Trinajstić information content (AvgIpc) is 2.81. The Bertz CT molecular complexity index is 515. The molecule has 1 heterocycles. The summed E-state index contributed by atoms with van der Waals surface area (Å²) in [6.07, 6.45) is 2.65. The van der Waals surface area contributed by atoms with E-state index in [1.165, 1.54) is 42.4 Å². The van der Waals surface area contributed by atoms with E-state index in [4.69, 9.17) is 0 Å². The molecule has 0 saturated carbocycles. The topological polar surface area (TPSA) is 3.24 Å². The van der Waals surface area contributed by atoms with Gasteiger partial charge in [0.15, 0.2) is 0 Å². The number of nitrogens with zero attached hydrogens (tertiary/aromatic N) is 1. The average molecular weight is 276 g/mol. The fraction of sp³-hybridized carbons (Fsp3) is 0.286. The van der Waals surface area contributed by atoms with E-state index in [0.29, 0.717) is 0 Å². The smallest absolute Gasteiger partial charge is 0.0446 e. The molecule has 2 aromatic carbocycles. The third-order valence-electron chi connectivity index (χ3n) is 3.27. The van der Waals surface area contributed by atoms with Crippen LogP contribution >= 0.6 is 15.9 Å². The second-order valence-electron chi connectivity index (χ2n) is 4.34. The van der Waals surface area contributed by atoms with Crippen LogP contribution in [0.15, 0.2) is 40.9 Å². The lowest BCUT2D eigenvalue weighted by Crippen LogP contribution is -2.17. The zero-order chi connectivity index (χ0) is 11.0. The van der Waals surface area contributed by atoms with Crippen molar-refractivity contribution in [3.8, 4) is 0 Å². The molecule has 2 heteroatoms. The van der Waals surface area contributed by atoms with Crippen molar-refractivity contribution in [2.75, 3.05) is 18.0 Å². The molecule has 1 nitrogen and oxygen atoms in total. The normalized spacial score (nSPS) is 15.9. The summed E-state index contributed by atoms with van der Waals surface area (Å²) in [7, 11) is 0. The summed E-state index contributed by atoms with van der Waals surface area (Å²) in [6.45, 7) is 2.40. The number of benzene rings is 2. The molecule has 0 atom stereocenters. The largest absolute Gasteiger partial charge is 0.371 e. The fourth-order valence-electron chi connectivity index (χ4n) is 2.46. The maximum atomic E-state index is 3.56. The van der Waals surface area contributed by atoms with Gasteiger partial charge in [0.1, 0.15) is 0 Å². The summed E-state index contributed by atoms with van der Waals surface area (Å²) in [4.78, 5) is 2.49. The molecule has 16 heavy (non-hydrogen) atoms. The Labute approximate surface area is 104 Å². The van der Waals surface area contributed by atoms with Crippen molar-refractivity contribution < 1.29 is 0 Å². The van der Waals surface area contributed by atoms with Crippen LogP contribution in [0.1, 0.15) is 12.8 Å².